The van der Waals surface area contributed by atoms with Crippen molar-refractivity contribution in [3.8, 4) is 0 Å². The van der Waals surface area contributed by atoms with E-state index in [9.17, 15) is 23.1 Å². The fourth-order valence-corrected chi connectivity index (χ4v) is 5.57. The summed E-state index contributed by atoms with van der Waals surface area (Å²) in [6.45, 7) is 0.123. The van der Waals surface area contributed by atoms with Gasteiger partial charge in [0.15, 0.2) is 5.78 Å². The first-order valence-electron chi connectivity index (χ1n) is 9.08. The molecule has 1 heterocycles. The summed E-state index contributed by atoms with van der Waals surface area (Å²) in [5.41, 5.74) is 6.60. The molecule has 29 heavy (non-hydrogen) atoms. The molecule has 154 valence electrons. The number of nitrogens with zero attached hydrogens (tertiary/aromatic N) is 1. The van der Waals surface area contributed by atoms with Crippen molar-refractivity contribution < 1.29 is 23.1 Å². The van der Waals surface area contributed by atoms with Gasteiger partial charge in [0.05, 0.1) is 17.0 Å². The van der Waals surface area contributed by atoms with Gasteiger partial charge in [-0.3, -0.25) is 9.59 Å². The Morgan fingerprint density at radius 1 is 1.14 bits per heavy atom. The van der Waals surface area contributed by atoms with E-state index >= 15 is 0 Å². The molecule has 1 aliphatic rings. The van der Waals surface area contributed by atoms with Crippen LogP contribution in [0.2, 0.25) is 5.02 Å². The van der Waals surface area contributed by atoms with Gasteiger partial charge in [-0.1, -0.05) is 48.0 Å². The van der Waals surface area contributed by atoms with Crippen LogP contribution < -0.4 is 5.73 Å². The van der Waals surface area contributed by atoms with Gasteiger partial charge in [-0.05, 0) is 36.6 Å². The number of Topliss-reactive ketones (excluding diaryl/α,β-unsaturated/α-hetero) is 1. The van der Waals surface area contributed by atoms with Gasteiger partial charge in [-0.25, -0.2) is 8.42 Å². The Morgan fingerprint density at radius 3 is 2.45 bits per heavy atom. The number of sulfonamides is 1. The van der Waals surface area contributed by atoms with E-state index in [2.05, 4.69) is 0 Å². The number of rotatable bonds is 7. The Labute approximate surface area is 174 Å². The maximum atomic E-state index is 13.2. The molecule has 0 bridgehead atoms. The van der Waals surface area contributed by atoms with Crippen molar-refractivity contribution >= 4 is 33.4 Å². The Kier molecular flexibility index (Phi) is 6.38. The normalized spacial score (nSPS) is 19.6. The van der Waals surface area contributed by atoms with Crippen LogP contribution in [0.3, 0.4) is 0 Å². The van der Waals surface area contributed by atoms with Gasteiger partial charge in [0.25, 0.3) is 0 Å². The predicted octanol–water partition coefficient (Wildman–Crippen LogP) is 2.46. The molecule has 3 N–H and O–H groups in total. The maximum absolute atomic E-state index is 13.2. The number of hydrogen-bond acceptors (Lipinski definition) is 5. The largest absolute Gasteiger partial charge is 0.481 e. The van der Waals surface area contributed by atoms with Crippen LogP contribution in [0, 0.1) is 5.92 Å². The average Bonchev–Trinajstić information content (AvgIpc) is 3.19. The summed E-state index contributed by atoms with van der Waals surface area (Å²) in [6, 6.07) is 12.0. The first-order chi connectivity index (χ1) is 13.7. The molecule has 7 nitrogen and oxygen atoms in total. The smallest absolute Gasteiger partial charge is 0.316 e. The maximum Gasteiger partial charge on any atom is 0.316 e. The van der Waals surface area contributed by atoms with E-state index in [1.54, 1.807) is 36.4 Å². The summed E-state index contributed by atoms with van der Waals surface area (Å²) in [6.07, 6.45) is 0.688. The summed E-state index contributed by atoms with van der Waals surface area (Å²) < 4.78 is 27.2. The molecule has 0 spiro atoms. The zero-order valence-corrected chi connectivity index (χ0v) is 17.0. The van der Waals surface area contributed by atoms with Crippen LogP contribution in [0.1, 0.15) is 24.4 Å². The second-order valence-electron chi connectivity index (χ2n) is 6.89. The summed E-state index contributed by atoms with van der Waals surface area (Å²) in [7, 11) is -4.01. The zero-order chi connectivity index (χ0) is 21.2. The molecule has 0 radical (unpaired) electrons. The SMILES string of the molecule is NC(c1ccccc1)C(C(=O)O)C(=O)[C@@H]1CCCN1S(=O)(=O)c1cccc(Cl)c1. The van der Waals surface area contributed by atoms with E-state index < -0.39 is 39.8 Å². The third-order valence-electron chi connectivity index (χ3n) is 5.05. The van der Waals surface area contributed by atoms with E-state index in [1.807, 2.05) is 0 Å². The second kappa shape index (κ2) is 8.62. The minimum atomic E-state index is -4.01. The van der Waals surface area contributed by atoms with Gasteiger partial charge in [0.1, 0.15) is 5.92 Å². The minimum absolute atomic E-state index is 0.0380. The van der Waals surface area contributed by atoms with Gasteiger partial charge < -0.3 is 10.8 Å². The number of ketones is 1. The lowest BCUT2D eigenvalue weighted by molar-refractivity contribution is -0.148. The second-order valence-corrected chi connectivity index (χ2v) is 9.21. The highest BCUT2D eigenvalue weighted by Gasteiger charge is 2.45. The van der Waals surface area contributed by atoms with Crippen molar-refractivity contribution in [2.75, 3.05) is 6.54 Å². The Morgan fingerprint density at radius 2 is 1.83 bits per heavy atom. The lowest BCUT2D eigenvalue weighted by Crippen LogP contribution is -2.47. The minimum Gasteiger partial charge on any atom is -0.481 e. The van der Waals surface area contributed by atoms with Crippen LogP contribution in [0.15, 0.2) is 59.5 Å². The number of hydrogen-bond donors (Lipinski definition) is 2. The van der Waals surface area contributed by atoms with Crippen LogP contribution in [0.25, 0.3) is 0 Å². The molecule has 0 saturated carbocycles. The van der Waals surface area contributed by atoms with Gasteiger partial charge in [0.2, 0.25) is 10.0 Å². The third-order valence-corrected chi connectivity index (χ3v) is 7.19. The highest BCUT2D eigenvalue weighted by molar-refractivity contribution is 7.89. The summed E-state index contributed by atoms with van der Waals surface area (Å²) in [4.78, 5) is 25.0. The van der Waals surface area contributed by atoms with Crippen molar-refractivity contribution in [1.82, 2.24) is 4.31 Å². The Bertz CT molecular complexity index is 1010. The quantitative estimate of drug-likeness (QED) is 0.643. The molecule has 1 aliphatic heterocycles. The van der Waals surface area contributed by atoms with Crippen LogP contribution in [0.4, 0.5) is 0 Å². The van der Waals surface area contributed by atoms with Crippen molar-refractivity contribution in [3.05, 3.63) is 65.2 Å². The molecule has 0 amide bonds. The molecule has 3 atom stereocenters. The molecule has 1 fully saturated rings. The molecule has 9 heteroatoms. The van der Waals surface area contributed by atoms with E-state index in [1.165, 1.54) is 18.2 Å². The highest BCUT2D eigenvalue weighted by atomic mass is 35.5. The van der Waals surface area contributed by atoms with E-state index in [0.717, 1.165) is 4.31 Å². The van der Waals surface area contributed by atoms with Crippen molar-refractivity contribution in [2.24, 2.45) is 11.7 Å². The van der Waals surface area contributed by atoms with Gasteiger partial charge in [-0.15, -0.1) is 0 Å². The highest BCUT2D eigenvalue weighted by Crippen LogP contribution is 2.32. The topological polar surface area (TPSA) is 118 Å². The van der Waals surface area contributed by atoms with Crippen LogP contribution in [-0.4, -0.2) is 42.2 Å². The van der Waals surface area contributed by atoms with Crippen molar-refractivity contribution in [3.63, 3.8) is 0 Å². The van der Waals surface area contributed by atoms with Crippen LogP contribution >= 0.6 is 11.6 Å². The fraction of sp³-hybridized carbons (Fsp3) is 0.300. The van der Waals surface area contributed by atoms with Crippen molar-refractivity contribution in [1.29, 1.82) is 0 Å². The molecule has 2 aromatic rings. The molecule has 0 aromatic heterocycles. The fourth-order valence-electron chi connectivity index (χ4n) is 3.60. The number of nitrogens with two attached hydrogens (primary N) is 1. The number of carboxylic acids is 1. The van der Waals surface area contributed by atoms with Gasteiger partial charge in [0, 0.05) is 11.6 Å². The molecule has 1 saturated heterocycles. The summed E-state index contributed by atoms with van der Waals surface area (Å²) in [5, 5.41) is 9.94. The van der Waals surface area contributed by atoms with Crippen LogP contribution in [0.5, 0.6) is 0 Å². The molecule has 0 aliphatic carbocycles. The number of halogens is 1. The monoisotopic (exact) mass is 436 g/mol. The molecule has 2 unspecified atom stereocenters. The number of carbonyl (C=O) groups excluding carboxylic acids is 1. The molecule has 3 rings (SSSR count). The van der Waals surface area contributed by atoms with Gasteiger partial charge >= 0.3 is 5.97 Å². The van der Waals surface area contributed by atoms with E-state index in [0.29, 0.717) is 12.0 Å². The number of carboxylic acid groups (broad SMARTS) is 1. The lowest BCUT2D eigenvalue weighted by atomic mass is 9.87. The number of benzene rings is 2. The first-order valence-corrected chi connectivity index (χ1v) is 10.9. The van der Waals surface area contributed by atoms with E-state index in [4.69, 9.17) is 17.3 Å². The Balaban J connectivity index is 1.93. The zero-order valence-electron chi connectivity index (χ0n) is 15.4. The lowest BCUT2D eigenvalue weighted by Gasteiger charge is -2.27. The van der Waals surface area contributed by atoms with Crippen molar-refractivity contribution in [2.45, 2.75) is 29.8 Å². The average molecular weight is 437 g/mol. The Hall–Kier alpha value is -2.26. The summed E-state index contributed by atoms with van der Waals surface area (Å²) in [5.74, 6) is -3.65. The standard InChI is InChI=1S/C20H21ClN2O5S/c21-14-8-4-9-15(12-14)29(27,28)23-11-5-10-16(23)19(24)17(20(25)26)18(22)13-6-2-1-3-7-13/h1-4,6-9,12,16-18H,5,10-11,22H2,(H,25,26)/t16-,17?,18?/m0/s1. The number of carbonyl (C=O) groups is 2. The first kappa shape index (κ1) is 21.4. The summed E-state index contributed by atoms with van der Waals surface area (Å²) >= 11 is 5.91. The molecular formula is C20H21ClN2O5S. The third kappa shape index (κ3) is 4.35. The van der Waals surface area contributed by atoms with Gasteiger partial charge in [-0.2, -0.15) is 4.31 Å². The number of aliphatic carboxylic acids is 1. The molecule has 2 aromatic carbocycles. The predicted molar refractivity (Wildman–Crippen MR) is 108 cm³/mol. The molecular weight excluding hydrogens is 416 g/mol. The van der Waals surface area contributed by atoms with Crippen LogP contribution in [-0.2, 0) is 19.6 Å². The van der Waals surface area contributed by atoms with E-state index in [-0.39, 0.29) is 22.9 Å².